The fourth-order valence-electron chi connectivity index (χ4n) is 3.50. The van der Waals surface area contributed by atoms with Crippen LogP contribution in [0.4, 0.5) is 5.69 Å². The Kier molecular flexibility index (Phi) is 3.56. The normalized spacial score (nSPS) is 22.8. The maximum Gasteiger partial charge on any atom is 0.133 e. The topological polar surface area (TPSA) is 23.6 Å². The molecule has 0 saturated carbocycles. The van der Waals surface area contributed by atoms with Gasteiger partial charge >= 0.3 is 0 Å². The zero-order chi connectivity index (χ0) is 13.1. The van der Waals surface area contributed by atoms with Crippen LogP contribution in [-0.4, -0.2) is 43.9 Å². The first-order valence-corrected chi connectivity index (χ1v) is 7.27. The summed E-state index contributed by atoms with van der Waals surface area (Å²) in [6.45, 7) is 5.16. The molecule has 0 radical (unpaired) electrons. The fourth-order valence-corrected chi connectivity index (χ4v) is 3.50. The Morgan fingerprint density at radius 1 is 1.11 bits per heavy atom. The van der Waals surface area contributed by atoms with Crippen molar-refractivity contribution in [1.82, 2.24) is 4.90 Å². The van der Waals surface area contributed by atoms with Crippen molar-refractivity contribution < 1.29 is 4.79 Å². The van der Waals surface area contributed by atoms with Gasteiger partial charge in [-0.2, -0.15) is 0 Å². The van der Waals surface area contributed by atoms with Gasteiger partial charge in [0.05, 0.1) is 6.54 Å². The molecule has 0 aliphatic carbocycles. The number of anilines is 1. The highest BCUT2D eigenvalue weighted by molar-refractivity contribution is 5.52. The molecule has 0 amide bonds. The van der Waals surface area contributed by atoms with E-state index in [1.165, 1.54) is 38.0 Å². The fraction of sp³-hybridized carbons (Fsp3) is 0.562. The molecule has 0 aromatic heterocycles. The van der Waals surface area contributed by atoms with Gasteiger partial charge in [0.2, 0.25) is 0 Å². The molecule has 0 atom stereocenters. The molecule has 1 aromatic rings. The van der Waals surface area contributed by atoms with E-state index in [1.807, 2.05) is 0 Å². The number of para-hydroxylation sites is 1. The van der Waals surface area contributed by atoms with Gasteiger partial charge in [0.25, 0.3) is 0 Å². The van der Waals surface area contributed by atoms with Crippen LogP contribution >= 0.6 is 0 Å². The molecule has 0 unspecified atom stereocenters. The Morgan fingerprint density at radius 2 is 1.89 bits per heavy atom. The molecule has 0 bridgehead atoms. The van der Waals surface area contributed by atoms with E-state index in [4.69, 9.17) is 0 Å². The molecule has 2 aliphatic heterocycles. The van der Waals surface area contributed by atoms with Crippen molar-refractivity contribution in [1.29, 1.82) is 0 Å². The van der Waals surface area contributed by atoms with Crippen molar-refractivity contribution in [3.05, 3.63) is 30.3 Å². The van der Waals surface area contributed by atoms with Crippen LogP contribution in [0.2, 0.25) is 0 Å². The minimum Gasteiger partial charge on any atom is -0.370 e. The molecule has 1 spiro atoms. The minimum atomic E-state index is 0.507. The van der Waals surface area contributed by atoms with Gasteiger partial charge in [-0.15, -0.1) is 0 Å². The Morgan fingerprint density at radius 3 is 2.63 bits per heavy atom. The molecule has 3 heteroatoms. The summed E-state index contributed by atoms with van der Waals surface area (Å²) in [7, 11) is 0. The summed E-state index contributed by atoms with van der Waals surface area (Å²) in [6, 6.07) is 10.7. The molecule has 2 saturated heterocycles. The van der Waals surface area contributed by atoms with Crippen LogP contribution in [0.1, 0.15) is 19.3 Å². The zero-order valence-corrected chi connectivity index (χ0v) is 11.4. The van der Waals surface area contributed by atoms with Gasteiger partial charge in [-0.05, 0) is 44.5 Å². The second-order valence-electron chi connectivity index (χ2n) is 6.01. The average molecular weight is 258 g/mol. The lowest BCUT2D eigenvalue weighted by atomic mass is 9.73. The summed E-state index contributed by atoms with van der Waals surface area (Å²) in [6.07, 6.45) is 4.82. The molecular weight excluding hydrogens is 236 g/mol. The lowest BCUT2D eigenvalue weighted by molar-refractivity contribution is -0.108. The van der Waals surface area contributed by atoms with Crippen molar-refractivity contribution in [2.75, 3.05) is 37.6 Å². The molecule has 3 rings (SSSR count). The highest BCUT2D eigenvalue weighted by Crippen LogP contribution is 2.42. The monoisotopic (exact) mass is 258 g/mol. The van der Waals surface area contributed by atoms with Crippen LogP contribution in [0.25, 0.3) is 0 Å². The first kappa shape index (κ1) is 12.7. The number of rotatable bonds is 3. The average Bonchev–Trinajstić information content (AvgIpc) is 2.61. The standard InChI is InChI=1S/C16H22N2O/c19-12-11-17-9-4-7-16(8-10-17)13-18(14-16)15-5-2-1-3-6-15/h1-3,5-6,12H,4,7-11,13-14H2. The summed E-state index contributed by atoms with van der Waals surface area (Å²) >= 11 is 0. The molecule has 0 N–H and O–H groups in total. The molecular formula is C16H22N2O. The van der Waals surface area contributed by atoms with Crippen LogP contribution in [0.5, 0.6) is 0 Å². The van der Waals surface area contributed by atoms with Crippen LogP contribution in [-0.2, 0) is 4.79 Å². The summed E-state index contributed by atoms with van der Waals surface area (Å²) < 4.78 is 0. The van der Waals surface area contributed by atoms with E-state index < -0.39 is 0 Å². The molecule has 2 heterocycles. The summed E-state index contributed by atoms with van der Waals surface area (Å²) in [5, 5.41) is 0. The Balaban J connectivity index is 1.58. The van der Waals surface area contributed by atoms with Crippen molar-refractivity contribution in [3.63, 3.8) is 0 Å². The van der Waals surface area contributed by atoms with E-state index in [9.17, 15) is 4.79 Å². The summed E-state index contributed by atoms with van der Waals surface area (Å²) in [5.74, 6) is 0. The maximum absolute atomic E-state index is 10.6. The molecule has 1 aromatic carbocycles. The largest absolute Gasteiger partial charge is 0.370 e. The predicted molar refractivity (Wildman–Crippen MR) is 77.4 cm³/mol. The minimum absolute atomic E-state index is 0.507. The predicted octanol–water partition coefficient (Wildman–Crippen LogP) is 2.18. The van der Waals surface area contributed by atoms with E-state index in [0.29, 0.717) is 12.0 Å². The number of hydrogen-bond acceptors (Lipinski definition) is 3. The van der Waals surface area contributed by atoms with Crippen LogP contribution in [0, 0.1) is 5.41 Å². The number of benzene rings is 1. The lowest BCUT2D eigenvalue weighted by Crippen LogP contribution is -2.56. The van der Waals surface area contributed by atoms with Gasteiger partial charge in [-0.3, -0.25) is 4.90 Å². The summed E-state index contributed by atoms with van der Waals surface area (Å²) in [4.78, 5) is 15.4. The van der Waals surface area contributed by atoms with Gasteiger partial charge in [0.15, 0.2) is 0 Å². The van der Waals surface area contributed by atoms with E-state index >= 15 is 0 Å². The number of carbonyl (C=O) groups excluding carboxylic acids is 1. The van der Waals surface area contributed by atoms with Gasteiger partial charge in [0, 0.05) is 24.2 Å². The molecule has 3 nitrogen and oxygen atoms in total. The number of likely N-dealkylation sites (tertiary alicyclic amines) is 1. The van der Waals surface area contributed by atoms with Gasteiger partial charge in [-0.1, -0.05) is 18.2 Å². The SMILES string of the molecule is O=CCN1CCCC2(CC1)CN(c1ccccc1)C2. The van der Waals surface area contributed by atoms with Crippen molar-refractivity contribution in [2.24, 2.45) is 5.41 Å². The van der Waals surface area contributed by atoms with Gasteiger partial charge < -0.3 is 9.69 Å². The second-order valence-corrected chi connectivity index (χ2v) is 6.01. The van der Waals surface area contributed by atoms with Gasteiger partial charge in [0.1, 0.15) is 6.29 Å². The second kappa shape index (κ2) is 5.33. The molecule has 19 heavy (non-hydrogen) atoms. The molecule has 102 valence electrons. The Hall–Kier alpha value is -1.35. The number of carbonyl (C=O) groups is 1. The van der Waals surface area contributed by atoms with Crippen LogP contribution in [0.15, 0.2) is 30.3 Å². The van der Waals surface area contributed by atoms with Crippen molar-refractivity contribution >= 4 is 12.0 Å². The summed E-state index contributed by atoms with van der Waals surface area (Å²) in [5.41, 5.74) is 1.86. The number of nitrogens with zero attached hydrogens (tertiary/aromatic N) is 2. The highest BCUT2D eigenvalue weighted by atomic mass is 16.1. The Labute approximate surface area is 115 Å². The number of aldehydes is 1. The lowest BCUT2D eigenvalue weighted by Gasteiger charge is -2.51. The van der Waals surface area contributed by atoms with E-state index in [1.54, 1.807) is 0 Å². The van der Waals surface area contributed by atoms with E-state index in [2.05, 4.69) is 40.1 Å². The Bertz CT molecular complexity index is 426. The first-order chi connectivity index (χ1) is 9.31. The molecule has 2 fully saturated rings. The smallest absolute Gasteiger partial charge is 0.133 e. The van der Waals surface area contributed by atoms with E-state index in [-0.39, 0.29) is 0 Å². The third-order valence-electron chi connectivity index (χ3n) is 4.65. The van der Waals surface area contributed by atoms with Gasteiger partial charge in [-0.25, -0.2) is 0 Å². The number of hydrogen-bond donors (Lipinski definition) is 0. The first-order valence-electron chi connectivity index (χ1n) is 7.27. The molecule has 2 aliphatic rings. The van der Waals surface area contributed by atoms with Crippen LogP contribution in [0.3, 0.4) is 0 Å². The quantitative estimate of drug-likeness (QED) is 0.776. The highest BCUT2D eigenvalue weighted by Gasteiger charge is 2.43. The third-order valence-corrected chi connectivity index (χ3v) is 4.65. The third kappa shape index (κ3) is 2.66. The maximum atomic E-state index is 10.6. The van der Waals surface area contributed by atoms with E-state index in [0.717, 1.165) is 19.4 Å². The van der Waals surface area contributed by atoms with Crippen molar-refractivity contribution in [2.45, 2.75) is 19.3 Å². The zero-order valence-electron chi connectivity index (χ0n) is 11.4. The van der Waals surface area contributed by atoms with Crippen LogP contribution < -0.4 is 4.90 Å². The van der Waals surface area contributed by atoms with Crippen molar-refractivity contribution in [3.8, 4) is 0 Å².